The first-order chi connectivity index (χ1) is 13.2. The Hall–Kier alpha value is -2.52. The Balaban J connectivity index is 1.92. The van der Waals surface area contributed by atoms with Gasteiger partial charge in [-0.1, -0.05) is 12.1 Å². The van der Waals surface area contributed by atoms with Crippen LogP contribution in [0.1, 0.15) is 11.6 Å². The number of ether oxygens (including phenoxy) is 2. The Kier molecular flexibility index (Phi) is 7.47. The summed E-state index contributed by atoms with van der Waals surface area (Å²) in [6.45, 7) is 0.542. The van der Waals surface area contributed by atoms with Gasteiger partial charge in [0.15, 0.2) is 5.11 Å². The van der Waals surface area contributed by atoms with Crippen molar-refractivity contribution < 1.29 is 22.6 Å². The van der Waals surface area contributed by atoms with Gasteiger partial charge in [0.25, 0.3) is 0 Å². The van der Waals surface area contributed by atoms with Gasteiger partial charge in [0.1, 0.15) is 11.5 Å². The molecule has 0 heterocycles. The molecule has 28 heavy (non-hydrogen) atoms. The number of halogens is 3. The number of rotatable bonds is 7. The molecule has 9 heteroatoms. The third kappa shape index (κ3) is 6.90. The Labute approximate surface area is 167 Å². The van der Waals surface area contributed by atoms with Gasteiger partial charge in [-0.15, -0.1) is 13.2 Å². The summed E-state index contributed by atoms with van der Waals surface area (Å²) in [4.78, 5) is 2.06. The van der Waals surface area contributed by atoms with Crippen LogP contribution in [0, 0.1) is 0 Å². The zero-order valence-electron chi connectivity index (χ0n) is 15.7. The van der Waals surface area contributed by atoms with Crippen LogP contribution >= 0.6 is 12.2 Å². The highest BCUT2D eigenvalue weighted by atomic mass is 32.1. The molecule has 152 valence electrons. The lowest BCUT2D eigenvalue weighted by Crippen LogP contribution is -2.36. The number of alkyl halides is 3. The van der Waals surface area contributed by atoms with Crippen molar-refractivity contribution in [1.82, 2.24) is 10.2 Å². The average molecular weight is 413 g/mol. The highest BCUT2D eigenvalue weighted by Gasteiger charge is 2.30. The van der Waals surface area contributed by atoms with Gasteiger partial charge in [-0.3, -0.25) is 0 Å². The number of methoxy groups -OCH3 is 1. The summed E-state index contributed by atoms with van der Waals surface area (Å²) < 4.78 is 45.6. The summed E-state index contributed by atoms with van der Waals surface area (Å²) in [6, 6.07) is 13.2. The van der Waals surface area contributed by atoms with Crippen molar-refractivity contribution >= 4 is 23.0 Å². The molecule has 0 aliphatic carbocycles. The van der Waals surface area contributed by atoms with E-state index in [-0.39, 0.29) is 11.8 Å². The molecule has 0 spiro atoms. The number of likely N-dealkylation sites (N-methyl/N-ethyl adjacent to an activating group) is 1. The molecule has 5 nitrogen and oxygen atoms in total. The number of hydrogen-bond donors (Lipinski definition) is 2. The van der Waals surface area contributed by atoms with E-state index in [9.17, 15) is 13.2 Å². The van der Waals surface area contributed by atoms with Crippen molar-refractivity contribution in [3.63, 3.8) is 0 Å². The van der Waals surface area contributed by atoms with Gasteiger partial charge in [0.2, 0.25) is 0 Å². The van der Waals surface area contributed by atoms with Crippen LogP contribution in [0.15, 0.2) is 48.5 Å². The Morgan fingerprint density at radius 2 is 1.61 bits per heavy atom. The van der Waals surface area contributed by atoms with Gasteiger partial charge in [-0.2, -0.15) is 0 Å². The average Bonchev–Trinajstić information content (AvgIpc) is 2.62. The fraction of sp³-hybridized carbons (Fsp3) is 0.316. The number of thiocarbonyl (C=S) groups is 1. The van der Waals surface area contributed by atoms with Crippen LogP contribution in [0.2, 0.25) is 0 Å². The molecule has 2 rings (SSSR count). The van der Waals surface area contributed by atoms with E-state index in [4.69, 9.17) is 17.0 Å². The first-order valence-corrected chi connectivity index (χ1v) is 8.80. The highest BCUT2D eigenvalue weighted by Crippen LogP contribution is 2.24. The van der Waals surface area contributed by atoms with Crippen LogP contribution in [-0.4, -0.2) is 44.1 Å². The Bertz CT molecular complexity index is 765. The monoisotopic (exact) mass is 413 g/mol. The maximum atomic E-state index is 12.2. The summed E-state index contributed by atoms with van der Waals surface area (Å²) in [6.07, 6.45) is -4.71. The van der Waals surface area contributed by atoms with E-state index >= 15 is 0 Å². The van der Waals surface area contributed by atoms with Gasteiger partial charge in [0.05, 0.1) is 13.2 Å². The lowest BCUT2D eigenvalue weighted by molar-refractivity contribution is -0.274. The van der Waals surface area contributed by atoms with E-state index in [2.05, 4.69) is 20.3 Å². The zero-order chi connectivity index (χ0) is 20.7. The predicted octanol–water partition coefficient (Wildman–Crippen LogP) is 4.18. The highest BCUT2D eigenvalue weighted by molar-refractivity contribution is 7.80. The molecule has 0 saturated carbocycles. The summed E-state index contributed by atoms with van der Waals surface area (Å²) in [5.41, 5.74) is 1.65. The van der Waals surface area contributed by atoms with E-state index < -0.39 is 6.36 Å². The van der Waals surface area contributed by atoms with E-state index in [1.807, 2.05) is 38.4 Å². The van der Waals surface area contributed by atoms with Gasteiger partial charge in [-0.25, -0.2) is 0 Å². The third-order valence-electron chi connectivity index (χ3n) is 3.93. The van der Waals surface area contributed by atoms with Crippen LogP contribution in [0.5, 0.6) is 11.5 Å². The second-order valence-corrected chi connectivity index (χ2v) is 6.57. The minimum absolute atomic E-state index is 0.0632. The van der Waals surface area contributed by atoms with Crippen LogP contribution in [0.25, 0.3) is 0 Å². The second kappa shape index (κ2) is 9.61. The van der Waals surface area contributed by atoms with Crippen LogP contribution in [0.3, 0.4) is 0 Å². The normalized spacial score (nSPS) is 12.4. The van der Waals surface area contributed by atoms with Gasteiger partial charge in [-0.05, 0) is 68.3 Å². The summed E-state index contributed by atoms with van der Waals surface area (Å²) in [7, 11) is 5.55. The molecule has 0 aliphatic heterocycles. The lowest BCUT2D eigenvalue weighted by Gasteiger charge is -2.26. The maximum absolute atomic E-state index is 12.2. The quantitative estimate of drug-likeness (QED) is 0.664. The SMILES string of the molecule is COc1ccc([C@@H](CNC(=S)Nc2ccc(OC(F)(F)F)cc2)N(C)C)cc1. The smallest absolute Gasteiger partial charge is 0.497 e. The number of benzene rings is 2. The molecule has 0 bridgehead atoms. The molecule has 0 radical (unpaired) electrons. The van der Waals surface area contributed by atoms with Crippen molar-refractivity contribution in [3.8, 4) is 11.5 Å². The third-order valence-corrected chi connectivity index (χ3v) is 4.17. The molecule has 2 aromatic rings. The predicted molar refractivity (Wildman–Crippen MR) is 107 cm³/mol. The first kappa shape index (κ1) is 21.8. The molecule has 0 aromatic heterocycles. The van der Waals surface area contributed by atoms with E-state index in [1.54, 1.807) is 7.11 Å². The Morgan fingerprint density at radius 1 is 1.04 bits per heavy atom. The molecule has 2 N–H and O–H groups in total. The maximum Gasteiger partial charge on any atom is 0.573 e. The number of nitrogens with one attached hydrogen (secondary N) is 2. The topological polar surface area (TPSA) is 45.8 Å². The molecule has 0 saturated heterocycles. The second-order valence-electron chi connectivity index (χ2n) is 6.16. The van der Waals surface area contributed by atoms with Gasteiger partial charge >= 0.3 is 6.36 Å². The molecular formula is C19H22F3N3O2S. The zero-order valence-corrected chi connectivity index (χ0v) is 16.5. The fourth-order valence-electron chi connectivity index (χ4n) is 2.53. The standard InChI is InChI=1S/C19H22F3N3O2S/c1-25(2)17(13-4-8-15(26-3)9-5-13)12-23-18(28)24-14-6-10-16(11-7-14)27-19(20,21)22/h4-11,17H,12H2,1-3H3,(H2,23,24,28)/t17-/m1/s1. The molecule has 2 aromatic carbocycles. The van der Waals surface area contributed by atoms with Crippen molar-refractivity contribution in [3.05, 3.63) is 54.1 Å². The molecule has 0 unspecified atom stereocenters. The van der Waals surface area contributed by atoms with Crippen molar-refractivity contribution in [2.75, 3.05) is 33.1 Å². The van der Waals surface area contributed by atoms with Crippen molar-refractivity contribution in [2.24, 2.45) is 0 Å². The molecule has 0 aliphatic rings. The first-order valence-electron chi connectivity index (χ1n) is 8.39. The molecular weight excluding hydrogens is 391 g/mol. The van der Waals surface area contributed by atoms with E-state index in [1.165, 1.54) is 24.3 Å². The molecule has 1 atom stereocenters. The minimum atomic E-state index is -4.71. The van der Waals surface area contributed by atoms with Crippen LogP contribution < -0.4 is 20.1 Å². The van der Waals surface area contributed by atoms with Crippen LogP contribution in [-0.2, 0) is 0 Å². The minimum Gasteiger partial charge on any atom is -0.497 e. The Morgan fingerprint density at radius 3 is 2.11 bits per heavy atom. The number of hydrogen-bond acceptors (Lipinski definition) is 4. The number of anilines is 1. The summed E-state index contributed by atoms with van der Waals surface area (Å²) in [5, 5.41) is 6.44. The fourth-order valence-corrected chi connectivity index (χ4v) is 2.73. The van der Waals surface area contributed by atoms with Gasteiger partial charge < -0.3 is 25.0 Å². The largest absolute Gasteiger partial charge is 0.573 e. The van der Waals surface area contributed by atoms with Crippen molar-refractivity contribution in [1.29, 1.82) is 0 Å². The van der Waals surface area contributed by atoms with E-state index in [0.29, 0.717) is 17.3 Å². The summed E-state index contributed by atoms with van der Waals surface area (Å²) in [5.74, 6) is 0.494. The number of nitrogens with zero attached hydrogens (tertiary/aromatic N) is 1. The molecule has 0 fully saturated rings. The van der Waals surface area contributed by atoms with E-state index in [0.717, 1.165) is 11.3 Å². The van der Waals surface area contributed by atoms with Crippen LogP contribution in [0.4, 0.5) is 18.9 Å². The molecule has 0 amide bonds. The van der Waals surface area contributed by atoms with Gasteiger partial charge in [0, 0.05) is 12.2 Å². The summed E-state index contributed by atoms with van der Waals surface area (Å²) >= 11 is 5.28. The lowest BCUT2D eigenvalue weighted by atomic mass is 10.1. The van der Waals surface area contributed by atoms with Crippen molar-refractivity contribution in [2.45, 2.75) is 12.4 Å².